The molecule has 6 nitrogen and oxygen atoms in total. The van der Waals surface area contributed by atoms with Crippen LogP contribution in [0.4, 0.5) is 0 Å². The fourth-order valence-electron chi connectivity index (χ4n) is 1.75. The van der Waals surface area contributed by atoms with E-state index in [2.05, 4.69) is 21.4 Å². The van der Waals surface area contributed by atoms with Gasteiger partial charge in [0, 0.05) is 7.05 Å². The Morgan fingerprint density at radius 3 is 2.60 bits per heavy atom. The van der Waals surface area contributed by atoms with Crippen LogP contribution in [-0.2, 0) is 18.4 Å². The lowest BCUT2D eigenvalue weighted by Gasteiger charge is -2.26. The van der Waals surface area contributed by atoms with Crippen molar-refractivity contribution in [1.82, 2.24) is 20.1 Å². The van der Waals surface area contributed by atoms with Crippen LogP contribution in [0.3, 0.4) is 0 Å². The van der Waals surface area contributed by atoms with Crippen molar-refractivity contribution < 1.29 is 4.79 Å². The number of amides is 1. The highest BCUT2D eigenvalue weighted by Gasteiger charge is 2.25. The summed E-state index contributed by atoms with van der Waals surface area (Å²) >= 11 is 1.32. The van der Waals surface area contributed by atoms with Gasteiger partial charge in [-0.2, -0.15) is 0 Å². The van der Waals surface area contributed by atoms with E-state index in [1.54, 1.807) is 4.57 Å². The molecule has 0 bridgehead atoms. The van der Waals surface area contributed by atoms with Gasteiger partial charge in [-0.05, 0) is 12.8 Å². The maximum Gasteiger partial charge on any atom is 0.231 e. The van der Waals surface area contributed by atoms with Gasteiger partial charge in [0.15, 0.2) is 5.16 Å². The second-order valence-electron chi connectivity index (χ2n) is 4.43. The number of hydrogen-bond donors (Lipinski definition) is 2. The van der Waals surface area contributed by atoms with Crippen molar-refractivity contribution in [3.63, 3.8) is 0 Å². The largest absolute Gasteiger partial charge is 0.339 e. The van der Waals surface area contributed by atoms with Crippen LogP contribution in [0.5, 0.6) is 0 Å². The van der Waals surface area contributed by atoms with E-state index in [0.29, 0.717) is 30.4 Å². The van der Waals surface area contributed by atoms with Gasteiger partial charge in [0.05, 0.1) is 12.3 Å². The number of nitrogens with two attached hydrogens (primary N) is 1. The second kappa shape index (κ2) is 7.31. The normalized spacial score (nSPS) is 11.2. The molecule has 0 radical (unpaired) electrons. The van der Waals surface area contributed by atoms with Gasteiger partial charge in [0.2, 0.25) is 5.91 Å². The molecule has 0 fully saturated rings. The molecular formula is C13H21N5OS. The van der Waals surface area contributed by atoms with Gasteiger partial charge in [0.25, 0.3) is 0 Å². The lowest BCUT2D eigenvalue weighted by atomic mass is 9.94. The molecule has 0 spiro atoms. The molecule has 3 N–H and O–H groups in total. The number of rotatable bonds is 7. The highest BCUT2D eigenvalue weighted by molar-refractivity contribution is 7.99. The van der Waals surface area contributed by atoms with E-state index < -0.39 is 5.54 Å². The van der Waals surface area contributed by atoms with Gasteiger partial charge in [-0.3, -0.25) is 4.79 Å². The van der Waals surface area contributed by atoms with Crippen LogP contribution in [0.15, 0.2) is 5.16 Å². The number of aromatic nitrogens is 3. The molecule has 1 aromatic rings. The first kappa shape index (κ1) is 16.5. The molecule has 20 heavy (non-hydrogen) atoms. The lowest BCUT2D eigenvalue weighted by molar-refractivity contribution is -0.119. The Morgan fingerprint density at radius 1 is 1.50 bits per heavy atom. The van der Waals surface area contributed by atoms with Crippen LogP contribution in [-0.4, -0.2) is 32.0 Å². The van der Waals surface area contributed by atoms with Gasteiger partial charge in [-0.15, -0.1) is 16.6 Å². The summed E-state index contributed by atoms with van der Waals surface area (Å²) < 4.78 is 1.78. The Balaban J connectivity index is 2.59. The molecule has 1 amide bonds. The Labute approximate surface area is 123 Å². The third kappa shape index (κ3) is 3.74. The maximum absolute atomic E-state index is 12.0. The van der Waals surface area contributed by atoms with Gasteiger partial charge in [-0.1, -0.05) is 31.5 Å². The zero-order valence-electron chi connectivity index (χ0n) is 12.1. The summed E-state index contributed by atoms with van der Waals surface area (Å²) in [5.74, 6) is 3.51. The molecule has 0 saturated carbocycles. The van der Waals surface area contributed by atoms with Crippen LogP contribution in [0.25, 0.3) is 0 Å². The van der Waals surface area contributed by atoms with Crippen LogP contribution in [0.1, 0.15) is 32.5 Å². The molecular weight excluding hydrogens is 274 g/mol. The SMILES string of the molecule is C#CC(CC)(CC)NC(=O)CSc1nnc(CN)n1C. The number of carbonyl (C=O) groups excluding carboxylic acids is 1. The number of carbonyl (C=O) groups is 1. The fourth-order valence-corrected chi connectivity index (χ4v) is 2.48. The molecule has 0 aromatic carbocycles. The quantitative estimate of drug-likeness (QED) is 0.570. The van der Waals surface area contributed by atoms with E-state index in [1.165, 1.54) is 11.8 Å². The second-order valence-corrected chi connectivity index (χ2v) is 5.37. The minimum Gasteiger partial charge on any atom is -0.339 e. The first-order valence-electron chi connectivity index (χ1n) is 6.51. The molecule has 1 heterocycles. The predicted molar refractivity (Wildman–Crippen MR) is 79.9 cm³/mol. The molecule has 0 aliphatic carbocycles. The summed E-state index contributed by atoms with van der Waals surface area (Å²) in [4.78, 5) is 12.0. The minimum absolute atomic E-state index is 0.103. The first-order chi connectivity index (χ1) is 9.51. The van der Waals surface area contributed by atoms with Crippen molar-refractivity contribution in [2.24, 2.45) is 12.8 Å². The van der Waals surface area contributed by atoms with Crippen molar-refractivity contribution >= 4 is 17.7 Å². The molecule has 1 aromatic heterocycles. The van der Waals surface area contributed by atoms with Crippen LogP contribution in [0, 0.1) is 12.3 Å². The summed E-state index contributed by atoms with van der Waals surface area (Å²) in [5, 5.41) is 11.5. The highest BCUT2D eigenvalue weighted by atomic mass is 32.2. The van der Waals surface area contributed by atoms with E-state index in [0.717, 1.165) is 0 Å². The highest BCUT2D eigenvalue weighted by Crippen LogP contribution is 2.17. The zero-order chi connectivity index (χ0) is 15.2. The molecule has 0 saturated heterocycles. The molecule has 0 unspecified atom stereocenters. The molecule has 0 aliphatic heterocycles. The van der Waals surface area contributed by atoms with E-state index in [1.807, 2.05) is 20.9 Å². The summed E-state index contributed by atoms with van der Waals surface area (Å²) in [6, 6.07) is 0. The van der Waals surface area contributed by atoms with Crippen LogP contribution in [0.2, 0.25) is 0 Å². The minimum atomic E-state index is -0.556. The van der Waals surface area contributed by atoms with E-state index in [9.17, 15) is 4.79 Å². The number of terminal acetylenes is 1. The van der Waals surface area contributed by atoms with Crippen molar-refractivity contribution in [1.29, 1.82) is 0 Å². The third-order valence-electron chi connectivity index (χ3n) is 3.30. The standard InChI is InChI=1S/C13H21N5OS/c1-5-13(6-2,7-3)15-11(19)9-20-12-17-16-10(8-14)18(12)4/h1H,6-9,14H2,2-4H3,(H,15,19). The topological polar surface area (TPSA) is 85.8 Å². The van der Waals surface area contributed by atoms with Crippen molar-refractivity contribution in [3.05, 3.63) is 5.82 Å². The van der Waals surface area contributed by atoms with E-state index >= 15 is 0 Å². The van der Waals surface area contributed by atoms with Gasteiger partial charge in [0.1, 0.15) is 11.4 Å². The molecule has 0 atom stereocenters. The summed E-state index contributed by atoms with van der Waals surface area (Å²) in [5.41, 5.74) is 4.97. The average Bonchev–Trinajstić information content (AvgIpc) is 2.83. The Morgan fingerprint density at radius 2 is 2.15 bits per heavy atom. The van der Waals surface area contributed by atoms with Gasteiger partial charge >= 0.3 is 0 Å². The van der Waals surface area contributed by atoms with E-state index in [4.69, 9.17) is 12.2 Å². The van der Waals surface area contributed by atoms with Crippen molar-refractivity contribution in [3.8, 4) is 12.3 Å². The molecule has 1 rings (SSSR count). The smallest absolute Gasteiger partial charge is 0.231 e. The first-order valence-corrected chi connectivity index (χ1v) is 7.50. The number of nitrogens with one attached hydrogen (secondary N) is 1. The molecule has 7 heteroatoms. The monoisotopic (exact) mass is 295 g/mol. The number of nitrogens with zero attached hydrogens (tertiary/aromatic N) is 3. The number of thioether (sulfide) groups is 1. The fraction of sp³-hybridized carbons (Fsp3) is 0.615. The zero-order valence-corrected chi connectivity index (χ0v) is 13.0. The average molecular weight is 295 g/mol. The summed E-state index contributed by atoms with van der Waals surface area (Å²) in [7, 11) is 1.83. The van der Waals surface area contributed by atoms with Gasteiger partial charge in [-0.25, -0.2) is 0 Å². The van der Waals surface area contributed by atoms with Crippen LogP contribution >= 0.6 is 11.8 Å². The summed E-state index contributed by atoms with van der Waals surface area (Å²) in [6.45, 7) is 4.25. The van der Waals surface area contributed by atoms with Crippen molar-refractivity contribution in [2.75, 3.05) is 5.75 Å². The Kier molecular flexibility index (Phi) is 6.05. The lowest BCUT2D eigenvalue weighted by Crippen LogP contribution is -2.47. The van der Waals surface area contributed by atoms with Crippen LogP contribution < -0.4 is 11.1 Å². The van der Waals surface area contributed by atoms with Gasteiger partial charge < -0.3 is 15.6 Å². The van der Waals surface area contributed by atoms with E-state index in [-0.39, 0.29) is 11.7 Å². The van der Waals surface area contributed by atoms with Crippen molar-refractivity contribution in [2.45, 2.75) is 43.9 Å². The number of hydrogen-bond acceptors (Lipinski definition) is 5. The Hall–Kier alpha value is -1.52. The molecule has 110 valence electrons. The molecule has 0 aliphatic rings. The Bertz CT molecular complexity index is 501. The predicted octanol–water partition coefficient (Wildman–Crippen LogP) is 0.674. The third-order valence-corrected chi connectivity index (χ3v) is 4.32. The summed E-state index contributed by atoms with van der Waals surface area (Å²) in [6.07, 6.45) is 6.93. The maximum atomic E-state index is 12.0.